The van der Waals surface area contributed by atoms with Gasteiger partial charge >= 0.3 is 5.97 Å². The minimum Gasteiger partial charge on any atom is -0.477 e. The van der Waals surface area contributed by atoms with Crippen molar-refractivity contribution in [2.45, 2.75) is 51.0 Å². The summed E-state index contributed by atoms with van der Waals surface area (Å²) in [5.74, 6) is -0.585. The van der Waals surface area contributed by atoms with Gasteiger partial charge in [-0.05, 0) is 18.9 Å². The average Bonchev–Trinajstić information content (AvgIpc) is 2.33. The van der Waals surface area contributed by atoms with Gasteiger partial charge in [-0.15, -0.1) is 0 Å². The molecule has 0 amide bonds. The summed E-state index contributed by atoms with van der Waals surface area (Å²) < 4.78 is 0. The Kier molecular flexibility index (Phi) is 4.50. The molecule has 2 N–H and O–H groups in total. The second kappa shape index (κ2) is 6.33. The number of carboxylic acids is 1. The molecule has 0 spiro atoms. The van der Waals surface area contributed by atoms with Gasteiger partial charge in [0.1, 0.15) is 0 Å². The number of hydrogen-bond donors (Lipinski definition) is 2. The van der Waals surface area contributed by atoms with Crippen molar-refractivity contribution >= 4 is 11.9 Å². The van der Waals surface area contributed by atoms with Crippen LogP contribution < -0.4 is 5.32 Å². The van der Waals surface area contributed by atoms with Crippen molar-refractivity contribution in [3.63, 3.8) is 0 Å². The first-order valence-electron chi connectivity index (χ1n) is 6.58. The molecular weight excluding hydrogens is 230 g/mol. The Morgan fingerprint density at radius 3 is 2.56 bits per heavy atom. The maximum Gasteiger partial charge on any atom is 0.354 e. The fraction of sp³-hybridized carbons (Fsp3) is 0.615. The van der Waals surface area contributed by atoms with Crippen LogP contribution in [0.5, 0.6) is 0 Å². The minimum atomic E-state index is -1.02. The summed E-state index contributed by atoms with van der Waals surface area (Å²) in [6.45, 7) is 0. The summed E-state index contributed by atoms with van der Waals surface area (Å²) in [5, 5.41) is 12.1. The topological polar surface area (TPSA) is 75.1 Å². The number of aromatic carboxylic acids is 1. The lowest BCUT2D eigenvalue weighted by molar-refractivity contribution is 0.0690. The summed E-state index contributed by atoms with van der Waals surface area (Å²) in [6, 6.07) is 1.78. The first-order chi connectivity index (χ1) is 8.75. The zero-order valence-electron chi connectivity index (χ0n) is 10.4. The summed E-state index contributed by atoms with van der Waals surface area (Å²) in [4.78, 5) is 18.9. The maximum atomic E-state index is 10.8. The standard InChI is InChI=1S/C13H19N3O2/c17-12(18)11-8-9-14-13(16-11)15-10-6-4-2-1-3-5-7-10/h8-10H,1-7H2,(H,17,18)(H,14,15,16). The third-order valence-electron chi connectivity index (χ3n) is 3.31. The minimum absolute atomic E-state index is 0.0401. The quantitative estimate of drug-likeness (QED) is 0.861. The first-order valence-corrected chi connectivity index (χ1v) is 6.58. The number of carboxylic acid groups (broad SMARTS) is 1. The van der Waals surface area contributed by atoms with E-state index in [0.29, 0.717) is 12.0 Å². The third kappa shape index (κ3) is 3.68. The SMILES string of the molecule is O=C(O)c1ccnc(NC2CCCCCCC2)n1. The second-order valence-corrected chi connectivity index (χ2v) is 4.76. The van der Waals surface area contributed by atoms with E-state index in [9.17, 15) is 4.79 Å². The lowest BCUT2D eigenvalue weighted by atomic mass is 9.97. The Hall–Kier alpha value is -1.65. The molecule has 1 aliphatic carbocycles. The van der Waals surface area contributed by atoms with E-state index in [-0.39, 0.29) is 5.69 Å². The van der Waals surface area contributed by atoms with Crippen LogP contribution >= 0.6 is 0 Å². The van der Waals surface area contributed by atoms with Crippen molar-refractivity contribution < 1.29 is 9.90 Å². The highest BCUT2D eigenvalue weighted by atomic mass is 16.4. The van der Waals surface area contributed by atoms with Gasteiger partial charge < -0.3 is 10.4 Å². The summed E-state index contributed by atoms with van der Waals surface area (Å²) >= 11 is 0. The number of nitrogens with one attached hydrogen (secondary N) is 1. The van der Waals surface area contributed by atoms with E-state index >= 15 is 0 Å². The predicted octanol–water partition coefficient (Wildman–Crippen LogP) is 2.70. The molecule has 0 radical (unpaired) electrons. The van der Waals surface area contributed by atoms with Crippen LogP contribution in [0.25, 0.3) is 0 Å². The van der Waals surface area contributed by atoms with Gasteiger partial charge in [0.15, 0.2) is 5.69 Å². The van der Waals surface area contributed by atoms with Crippen LogP contribution in [0.2, 0.25) is 0 Å². The fourth-order valence-electron chi connectivity index (χ4n) is 2.33. The summed E-state index contributed by atoms with van der Waals surface area (Å²) in [7, 11) is 0. The Bertz CT molecular complexity index is 401. The van der Waals surface area contributed by atoms with Crippen LogP contribution in [0, 0.1) is 0 Å². The lowest BCUT2D eigenvalue weighted by Gasteiger charge is -2.20. The first kappa shape index (κ1) is 12.8. The van der Waals surface area contributed by atoms with E-state index in [1.54, 1.807) is 0 Å². The van der Waals surface area contributed by atoms with Crippen molar-refractivity contribution in [2.75, 3.05) is 5.32 Å². The monoisotopic (exact) mass is 249 g/mol. The molecule has 0 unspecified atom stereocenters. The van der Waals surface area contributed by atoms with Gasteiger partial charge in [-0.25, -0.2) is 14.8 Å². The molecule has 0 atom stereocenters. The molecule has 1 heterocycles. The van der Waals surface area contributed by atoms with E-state index in [1.807, 2.05) is 0 Å². The third-order valence-corrected chi connectivity index (χ3v) is 3.31. The predicted molar refractivity (Wildman–Crippen MR) is 68.7 cm³/mol. The molecule has 1 fully saturated rings. The smallest absolute Gasteiger partial charge is 0.354 e. The largest absolute Gasteiger partial charge is 0.477 e. The highest BCUT2D eigenvalue weighted by Gasteiger charge is 2.13. The van der Waals surface area contributed by atoms with Gasteiger partial charge in [-0.1, -0.05) is 32.1 Å². The van der Waals surface area contributed by atoms with Crippen LogP contribution in [-0.4, -0.2) is 27.1 Å². The van der Waals surface area contributed by atoms with Gasteiger partial charge in [0, 0.05) is 12.2 Å². The number of rotatable bonds is 3. The molecule has 0 saturated heterocycles. The summed E-state index contributed by atoms with van der Waals surface area (Å²) in [5.41, 5.74) is 0.0401. The van der Waals surface area contributed by atoms with Crippen LogP contribution in [0.15, 0.2) is 12.3 Å². The van der Waals surface area contributed by atoms with Gasteiger partial charge in [0.05, 0.1) is 0 Å². The molecule has 1 aromatic rings. The second-order valence-electron chi connectivity index (χ2n) is 4.76. The molecule has 0 aliphatic heterocycles. The normalized spacial score (nSPS) is 17.8. The van der Waals surface area contributed by atoms with Crippen molar-refractivity contribution in [3.05, 3.63) is 18.0 Å². The van der Waals surface area contributed by atoms with E-state index in [0.717, 1.165) is 12.8 Å². The molecule has 5 heteroatoms. The molecule has 1 aromatic heterocycles. The Labute approximate surface area is 107 Å². The zero-order chi connectivity index (χ0) is 12.8. The van der Waals surface area contributed by atoms with E-state index in [4.69, 9.17) is 5.11 Å². The molecule has 18 heavy (non-hydrogen) atoms. The molecule has 2 rings (SSSR count). The van der Waals surface area contributed by atoms with E-state index in [2.05, 4.69) is 15.3 Å². The Morgan fingerprint density at radius 1 is 1.22 bits per heavy atom. The van der Waals surface area contributed by atoms with Crippen LogP contribution in [0.3, 0.4) is 0 Å². The van der Waals surface area contributed by atoms with E-state index < -0.39 is 5.97 Å². The lowest BCUT2D eigenvalue weighted by Crippen LogP contribution is -2.22. The Morgan fingerprint density at radius 2 is 1.89 bits per heavy atom. The van der Waals surface area contributed by atoms with Crippen LogP contribution in [-0.2, 0) is 0 Å². The summed E-state index contributed by atoms with van der Waals surface area (Å²) in [6.07, 6.45) is 10.1. The maximum absolute atomic E-state index is 10.8. The molecule has 5 nitrogen and oxygen atoms in total. The zero-order valence-corrected chi connectivity index (χ0v) is 10.4. The molecule has 0 aromatic carbocycles. The number of anilines is 1. The molecular formula is C13H19N3O2. The van der Waals surface area contributed by atoms with Gasteiger partial charge in [0.2, 0.25) is 5.95 Å². The number of carbonyl (C=O) groups is 1. The highest BCUT2D eigenvalue weighted by molar-refractivity contribution is 5.85. The number of nitrogens with zero attached hydrogens (tertiary/aromatic N) is 2. The molecule has 98 valence electrons. The van der Waals surface area contributed by atoms with Gasteiger partial charge in [-0.2, -0.15) is 0 Å². The molecule has 0 bridgehead atoms. The highest BCUT2D eigenvalue weighted by Crippen LogP contribution is 2.19. The average molecular weight is 249 g/mol. The number of aromatic nitrogens is 2. The van der Waals surface area contributed by atoms with Crippen LogP contribution in [0.4, 0.5) is 5.95 Å². The number of hydrogen-bond acceptors (Lipinski definition) is 4. The van der Waals surface area contributed by atoms with Crippen molar-refractivity contribution in [2.24, 2.45) is 0 Å². The fourth-order valence-corrected chi connectivity index (χ4v) is 2.33. The van der Waals surface area contributed by atoms with Crippen molar-refractivity contribution in [1.29, 1.82) is 0 Å². The molecule has 1 saturated carbocycles. The Balaban J connectivity index is 1.98. The van der Waals surface area contributed by atoms with Crippen molar-refractivity contribution in [1.82, 2.24) is 9.97 Å². The van der Waals surface area contributed by atoms with E-state index in [1.165, 1.54) is 44.4 Å². The van der Waals surface area contributed by atoms with Gasteiger partial charge in [-0.3, -0.25) is 0 Å². The van der Waals surface area contributed by atoms with Crippen molar-refractivity contribution in [3.8, 4) is 0 Å². The molecule has 1 aliphatic rings. The van der Waals surface area contributed by atoms with Gasteiger partial charge in [0.25, 0.3) is 0 Å². The van der Waals surface area contributed by atoms with Crippen LogP contribution in [0.1, 0.15) is 55.4 Å².